The van der Waals surface area contributed by atoms with Gasteiger partial charge in [0.05, 0.1) is 12.1 Å². The Morgan fingerprint density at radius 3 is 2.90 bits per heavy atom. The second kappa shape index (κ2) is 6.62. The van der Waals surface area contributed by atoms with Crippen molar-refractivity contribution >= 4 is 22.5 Å². The maximum absolute atomic E-state index is 12.3. The maximum atomic E-state index is 12.3. The van der Waals surface area contributed by atoms with Gasteiger partial charge in [0, 0.05) is 44.4 Å². The van der Waals surface area contributed by atoms with Crippen molar-refractivity contribution in [3.05, 3.63) is 11.6 Å². The minimum absolute atomic E-state index is 0.0248. The monoisotopic (exact) mass is 310 g/mol. The van der Waals surface area contributed by atoms with Gasteiger partial charge in [0.25, 0.3) is 0 Å². The first kappa shape index (κ1) is 14.6. The van der Waals surface area contributed by atoms with E-state index in [-0.39, 0.29) is 18.2 Å². The van der Waals surface area contributed by atoms with Crippen LogP contribution in [0.3, 0.4) is 0 Å². The van der Waals surface area contributed by atoms with Crippen molar-refractivity contribution in [3.63, 3.8) is 0 Å². The van der Waals surface area contributed by atoms with Gasteiger partial charge in [-0.3, -0.25) is 0 Å². The Bertz CT molecular complexity index is 454. The van der Waals surface area contributed by atoms with E-state index in [4.69, 9.17) is 4.74 Å². The number of anilines is 1. The molecule has 3 rings (SSSR count). The number of hydrogen-bond acceptors (Lipinski definition) is 5. The number of thiazole rings is 1. The molecule has 0 unspecified atom stereocenters. The van der Waals surface area contributed by atoms with Gasteiger partial charge in [0.15, 0.2) is 5.13 Å². The Morgan fingerprint density at radius 2 is 2.29 bits per heavy atom. The molecule has 21 heavy (non-hydrogen) atoms. The Hall–Kier alpha value is -1.34. The summed E-state index contributed by atoms with van der Waals surface area (Å²) >= 11 is 1.65. The third-order valence-corrected chi connectivity index (χ3v) is 4.96. The number of urea groups is 1. The molecule has 2 fully saturated rings. The van der Waals surface area contributed by atoms with Crippen molar-refractivity contribution in [2.45, 2.75) is 31.9 Å². The number of hydrogen-bond donors (Lipinski definition) is 1. The predicted molar refractivity (Wildman–Crippen MR) is 82.9 cm³/mol. The molecule has 6 nitrogen and oxygen atoms in total. The number of piperazine rings is 1. The van der Waals surface area contributed by atoms with Gasteiger partial charge in [-0.2, -0.15) is 0 Å². The molecule has 1 N–H and O–H groups in total. The Balaban J connectivity index is 1.46. The molecule has 1 aromatic heterocycles. The van der Waals surface area contributed by atoms with E-state index in [0.29, 0.717) is 0 Å². The first-order chi connectivity index (χ1) is 10.2. The molecular weight excluding hydrogens is 288 g/mol. The Labute approximate surface area is 129 Å². The summed E-state index contributed by atoms with van der Waals surface area (Å²) in [4.78, 5) is 20.7. The van der Waals surface area contributed by atoms with Crippen molar-refractivity contribution in [2.75, 3.05) is 37.7 Å². The average Bonchev–Trinajstić information content (AvgIpc) is 3.20. The fourth-order valence-electron chi connectivity index (χ4n) is 2.85. The van der Waals surface area contributed by atoms with Gasteiger partial charge >= 0.3 is 6.03 Å². The summed E-state index contributed by atoms with van der Waals surface area (Å²) in [5.74, 6) is 0. The zero-order valence-corrected chi connectivity index (χ0v) is 13.1. The third kappa shape index (κ3) is 3.47. The molecule has 7 heteroatoms. The minimum Gasteiger partial charge on any atom is -0.376 e. The summed E-state index contributed by atoms with van der Waals surface area (Å²) in [6, 6.07) is 0.105. The lowest BCUT2D eigenvalue weighted by molar-refractivity contribution is 0.0831. The first-order valence-electron chi connectivity index (χ1n) is 7.55. The molecule has 0 aromatic carbocycles. The van der Waals surface area contributed by atoms with Crippen LogP contribution in [0, 0.1) is 0 Å². The molecule has 0 saturated carbocycles. The Kier molecular flexibility index (Phi) is 4.60. The second-order valence-corrected chi connectivity index (χ2v) is 6.45. The van der Waals surface area contributed by atoms with Gasteiger partial charge < -0.3 is 19.9 Å². The fourth-order valence-corrected chi connectivity index (χ4v) is 3.55. The average molecular weight is 310 g/mol. The van der Waals surface area contributed by atoms with E-state index in [9.17, 15) is 4.79 Å². The summed E-state index contributed by atoms with van der Waals surface area (Å²) < 4.78 is 5.62. The highest BCUT2D eigenvalue weighted by molar-refractivity contribution is 7.13. The van der Waals surface area contributed by atoms with Crippen LogP contribution in [0.15, 0.2) is 11.6 Å². The number of amides is 2. The molecule has 2 aliphatic heterocycles. The topological polar surface area (TPSA) is 57.7 Å². The molecule has 1 aromatic rings. The van der Waals surface area contributed by atoms with Gasteiger partial charge in [0.1, 0.15) is 0 Å². The highest BCUT2D eigenvalue weighted by Crippen LogP contribution is 2.19. The molecule has 0 spiro atoms. The SMILES string of the molecule is C[C@H](NC(=O)N1CCN(c2nccs2)CC1)[C@H]1CCCO1. The van der Waals surface area contributed by atoms with Gasteiger partial charge in [-0.15, -0.1) is 11.3 Å². The van der Waals surface area contributed by atoms with Crippen molar-refractivity contribution in [1.29, 1.82) is 0 Å². The summed E-state index contributed by atoms with van der Waals surface area (Å²) in [6.45, 7) is 6.01. The molecule has 2 aliphatic rings. The Morgan fingerprint density at radius 1 is 1.48 bits per heavy atom. The van der Waals surface area contributed by atoms with E-state index in [0.717, 1.165) is 50.8 Å². The zero-order chi connectivity index (χ0) is 14.7. The van der Waals surface area contributed by atoms with E-state index in [1.807, 2.05) is 23.4 Å². The van der Waals surface area contributed by atoms with Crippen LogP contribution in [0.25, 0.3) is 0 Å². The van der Waals surface area contributed by atoms with Crippen LogP contribution in [0.1, 0.15) is 19.8 Å². The fraction of sp³-hybridized carbons (Fsp3) is 0.714. The number of nitrogens with zero attached hydrogens (tertiary/aromatic N) is 3. The molecule has 116 valence electrons. The van der Waals surface area contributed by atoms with Crippen molar-refractivity contribution in [3.8, 4) is 0 Å². The maximum Gasteiger partial charge on any atom is 0.317 e. The quantitative estimate of drug-likeness (QED) is 0.920. The lowest BCUT2D eigenvalue weighted by Crippen LogP contribution is -2.54. The summed E-state index contributed by atoms with van der Waals surface area (Å²) in [6.07, 6.45) is 4.13. The highest BCUT2D eigenvalue weighted by atomic mass is 32.1. The number of ether oxygens (including phenoxy) is 1. The largest absolute Gasteiger partial charge is 0.376 e. The van der Waals surface area contributed by atoms with Crippen LogP contribution < -0.4 is 10.2 Å². The van der Waals surface area contributed by atoms with Gasteiger partial charge in [-0.25, -0.2) is 9.78 Å². The number of nitrogens with one attached hydrogen (secondary N) is 1. The molecule has 0 radical (unpaired) electrons. The molecular formula is C14H22N4O2S. The van der Waals surface area contributed by atoms with Crippen LogP contribution in [0.2, 0.25) is 0 Å². The van der Waals surface area contributed by atoms with E-state index in [2.05, 4.69) is 15.2 Å². The van der Waals surface area contributed by atoms with Gasteiger partial charge in [0.2, 0.25) is 0 Å². The van der Waals surface area contributed by atoms with E-state index >= 15 is 0 Å². The highest BCUT2D eigenvalue weighted by Gasteiger charge is 2.27. The van der Waals surface area contributed by atoms with Crippen LogP contribution in [-0.2, 0) is 4.74 Å². The zero-order valence-electron chi connectivity index (χ0n) is 12.3. The lowest BCUT2D eigenvalue weighted by atomic mass is 10.1. The second-order valence-electron chi connectivity index (χ2n) is 5.58. The summed E-state index contributed by atoms with van der Waals surface area (Å²) in [5.41, 5.74) is 0. The van der Waals surface area contributed by atoms with Crippen LogP contribution in [0.5, 0.6) is 0 Å². The van der Waals surface area contributed by atoms with Crippen molar-refractivity contribution in [2.24, 2.45) is 0 Å². The molecule has 2 saturated heterocycles. The third-order valence-electron chi connectivity index (χ3n) is 4.13. The number of carbonyl (C=O) groups is 1. The van der Waals surface area contributed by atoms with Gasteiger partial charge in [-0.05, 0) is 19.8 Å². The molecule has 2 atom stereocenters. The molecule has 2 amide bonds. The van der Waals surface area contributed by atoms with Crippen LogP contribution >= 0.6 is 11.3 Å². The van der Waals surface area contributed by atoms with E-state index in [1.165, 1.54) is 0 Å². The molecule has 3 heterocycles. The van der Waals surface area contributed by atoms with E-state index < -0.39 is 0 Å². The number of rotatable bonds is 3. The molecule has 0 aliphatic carbocycles. The normalized spacial score (nSPS) is 24.1. The number of carbonyl (C=O) groups excluding carboxylic acids is 1. The minimum atomic E-state index is 0.0248. The first-order valence-corrected chi connectivity index (χ1v) is 8.43. The lowest BCUT2D eigenvalue weighted by Gasteiger charge is -2.35. The standard InChI is InChI=1S/C14H22N4O2S/c1-11(12-3-2-9-20-12)16-13(19)17-5-7-18(8-6-17)14-15-4-10-21-14/h4,10-12H,2-3,5-9H2,1H3,(H,16,19)/t11-,12+/m0/s1. The van der Waals surface area contributed by atoms with E-state index in [1.54, 1.807) is 11.3 Å². The van der Waals surface area contributed by atoms with Crippen LogP contribution in [0.4, 0.5) is 9.93 Å². The van der Waals surface area contributed by atoms with Crippen molar-refractivity contribution in [1.82, 2.24) is 15.2 Å². The number of aromatic nitrogens is 1. The summed E-state index contributed by atoms with van der Waals surface area (Å²) in [7, 11) is 0. The molecule has 0 bridgehead atoms. The van der Waals surface area contributed by atoms with Crippen molar-refractivity contribution < 1.29 is 9.53 Å². The predicted octanol–water partition coefficient (Wildman–Crippen LogP) is 1.54. The smallest absolute Gasteiger partial charge is 0.317 e. The summed E-state index contributed by atoms with van der Waals surface area (Å²) in [5, 5.41) is 6.10. The van der Waals surface area contributed by atoms with Crippen LogP contribution in [-0.4, -0.2) is 60.8 Å². The van der Waals surface area contributed by atoms with Gasteiger partial charge in [-0.1, -0.05) is 0 Å².